The molecule has 0 bridgehead atoms. The van der Waals surface area contributed by atoms with Gasteiger partial charge < -0.3 is 0 Å². The number of rotatable bonds is 7. The summed E-state index contributed by atoms with van der Waals surface area (Å²) < 4.78 is 41.6. The second-order valence-corrected chi connectivity index (χ2v) is 13.0. The first-order chi connectivity index (χ1) is 14.0. The highest BCUT2D eigenvalue weighted by Gasteiger charge is 2.31. The summed E-state index contributed by atoms with van der Waals surface area (Å²) in [4.78, 5) is 0. The molecule has 1 saturated heterocycles. The molecule has 0 nitrogen and oxygen atoms in total. The van der Waals surface area contributed by atoms with E-state index in [0.29, 0.717) is 23.4 Å². The molecule has 0 spiro atoms. The van der Waals surface area contributed by atoms with Crippen molar-refractivity contribution < 1.29 is 13.2 Å². The molecule has 0 radical (unpaired) electrons. The Hall–Kier alpha value is -0.743. The minimum atomic E-state index is -1.07. The van der Waals surface area contributed by atoms with E-state index in [1.807, 2.05) is 0 Å². The van der Waals surface area contributed by atoms with Crippen molar-refractivity contribution >= 4 is 26.2 Å². The van der Waals surface area contributed by atoms with Crippen LogP contribution >= 0.6 is 11.6 Å². The van der Waals surface area contributed by atoms with Crippen LogP contribution in [0.15, 0.2) is 17.7 Å². The van der Waals surface area contributed by atoms with Crippen LogP contribution < -0.4 is 0 Å². The van der Waals surface area contributed by atoms with Crippen LogP contribution in [0.3, 0.4) is 0 Å². The normalized spacial score (nSPS) is 28.5. The fraction of sp³-hybridized carbons (Fsp3) is 0.667. The van der Waals surface area contributed by atoms with Crippen molar-refractivity contribution in [2.75, 3.05) is 0 Å². The van der Waals surface area contributed by atoms with Crippen molar-refractivity contribution in [2.24, 2.45) is 17.8 Å². The van der Waals surface area contributed by atoms with Crippen molar-refractivity contribution in [2.45, 2.75) is 82.8 Å². The Labute approximate surface area is 180 Å². The Morgan fingerprint density at radius 2 is 1.62 bits per heavy atom. The van der Waals surface area contributed by atoms with Gasteiger partial charge in [-0.3, -0.25) is 0 Å². The summed E-state index contributed by atoms with van der Waals surface area (Å²) in [6, 6.07) is 7.16. The Balaban J connectivity index is 1.45. The molecule has 2 fully saturated rings. The highest BCUT2D eigenvalue weighted by Crippen LogP contribution is 2.42. The van der Waals surface area contributed by atoms with E-state index in [1.165, 1.54) is 63.1 Å². The van der Waals surface area contributed by atoms with Gasteiger partial charge in [-0.2, -0.15) is 0 Å². The number of aryl methyl sites for hydroxylation is 1. The maximum atomic E-state index is 14.1. The van der Waals surface area contributed by atoms with Crippen molar-refractivity contribution in [3.8, 4) is 0 Å². The average molecular weight is 443 g/mol. The molecular weight excluding hydrogens is 409 g/mol. The van der Waals surface area contributed by atoms with Crippen molar-refractivity contribution in [1.29, 1.82) is 0 Å². The molecule has 0 aromatic heterocycles. The van der Waals surface area contributed by atoms with Gasteiger partial charge in [-0.15, -0.1) is 0 Å². The summed E-state index contributed by atoms with van der Waals surface area (Å²) >= 11 is 5.25. The fourth-order valence-electron chi connectivity index (χ4n) is 5.73. The van der Waals surface area contributed by atoms with E-state index >= 15 is 0 Å². The largest absolute Gasteiger partial charge is 0.206 e. The summed E-state index contributed by atoms with van der Waals surface area (Å²) in [5.41, 5.74) is 0.506. The predicted molar refractivity (Wildman–Crippen MR) is 120 cm³/mol. The van der Waals surface area contributed by atoms with Gasteiger partial charge in [0.2, 0.25) is 0 Å². The Bertz CT molecular complexity index is 666. The molecular formula is C24H34ClF3Si. The SMILES string of the molecule is CCC[Si@H]1CC[C@H](C2CCC(CCc3cc(F)c(C(F)=CCl)c(F)c3)CC2)CC1. The van der Waals surface area contributed by atoms with E-state index in [4.69, 9.17) is 11.6 Å². The molecule has 0 unspecified atom stereocenters. The van der Waals surface area contributed by atoms with Gasteiger partial charge in [0.1, 0.15) is 17.5 Å². The molecule has 3 rings (SSSR count). The Kier molecular flexibility index (Phi) is 8.73. The second kappa shape index (κ2) is 11.0. The van der Waals surface area contributed by atoms with Crippen molar-refractivity contribution in [3.05, 3.63) is 40.4 Å². The first-order valence-electron chi connectivity index (χ1n) is 11.5. The van der Waals surface area contributed by atoms with E-state index in [-0.39, 0.29) is 0 Å². The smallest absolute Gasteiger partial charge is 0.147 e. The molecule has 1 heterocycles. The Morgan fingerprint density at radius 3 is 2.17 bits per heavy atom. The maximum absolute atomic E-state index is 14.1. The van der Waals surface area contributed by atoms with Crippen molar-refractivity contribution in [1.82, 2.24) is 0 Å². The van der Waals surface area contributed by atoms with Gasteiger partial charge in [-0.25, -0.2) is 13.2 Å². The highest BCUT2D eigenvalue weighted by atomic mass is 35.5. The lowest BCUT2D eigenvalue weighted by atomic mass is 9.73. The lowest BCUT2D eigenvalue weighted by molar-refractivity contribution is 0.186. The number of hydrogen-bond donors (Lipinski definition) is 0. The van der Waals surface area contributed by atoms with Crippen LogP contribution in [0.2, 0.25) is 18.1 Å². The summed E-state index contributed by atoms with van der Waals surface area (Å²) in [7, 11) is -0.394. The minimum absolute atomic E-state index is 0.394. The number of halogens is 4. The van der Waals surface area contributed by atoms with Gasteiger partial charge in [0, 0.05) is 14.3 Å². The zero-order valence-corrected chi connectivity index (χ0v) is 19.4. The lowest BCUT2D eigenvalue weighted by Gasteiger charge is -2.37. The topological polar surface area (TPSA) is 0 Å². The third-order valence-electron chi connectivity index (χ3n) is 7.42. The quantitative estimate of drug-likeness (QED) is 0.373. The van der Waals surface area contributed by atoms with E-state index in [0.717, 1.165) is 18.3 Å². The molecule has 2 aliphatic rings. The Morgan fingerprint density at radius 1 is 1.03 bits per heavy atom. The molecule has 1 aliphatic carbocycles. The van der Waals surface area contributed by atoms with Crippen LogP contribution in [0.25, 0.3) is 5.83 Å². The van der Waals surface area contributed by atoms with Gasteiger partial charge in [-0.1, -0.05) is 68.8 Å². The van der Waals surface area contributed by atoms with Gasteiger partial charge in [0.15, 0.2) is 0 Å². The van der Waals surface area contributed by atoms with Crippen LogP contribution in [0.1, 0.15) is 69.4 Å². The highest BCUT2D eigenvalue weighted by molar-refractivity contribution is 6.58. The monoisotopic (exact) mass is 442 g/mol. The first kappa shape index (κ1) is 22.9. The van der Waals surface area contributed by atoms with Crippen LogP contribution in [0.5, 0.6) is 0 Å². The van der Waals surface area contributed by atoms with E-state index in [2.05, 4.69) is 6.92 Å². The molecule has 1 aliphatic heterocycles. The van der Waals surface area contributed by atoms with Crippen LogP contribution in [0, 0.1) is 29.4 Å². The standard InChI is InChI=1S/C24H34ClF3Si/c1-2-11-29-12-9-20(10-13-29)19-7-5-17(6-8-19)3-4-18-14-21(26)24(22(27)15-18)23(28)16-25/h14-17,19-20,29H,2-13H2,1H3/t17?,19?,20-,29-. The summed E-state index contributed by atoms with van der Waals surface area (Å²) in [6.07, 6.45) is 11.0. The van der Waals surface area contributed by atoms with Gasteiger partial charge in [0.05, 0.1) is 5.56 Å². The molecule has 1 aromatic carbocycles. The minimum Gasteiger partial charge on any atom is -0.206 e. The molecule has 162 valence electrons. The molecule has 0 amide bonds. The third kappa shape index (κ3) is 6.13. The van der Waals surface area contributed by atoms with Gasteiger partial charge >= 0.3 is 0 Å². The van der Waals surface area contributed by atoms with E-state index in [9.17, 15) is 13.2 Å². The fourth-order valence-corrected chi connectivity index (χ4v) is 9.32. The zero-order chi connectivity index (χ0) is 20.8. The molecule has 1 saturated carbocycles. The molecule has 5 heteroatoms. The number of benzene rings is 1. The van der Waals surface area contributed by atoms with Crippen LogP contribution in [0.4, 0.5) is 13.2 Å². The maximum Gasteiger partial charge on any atom is 0.147 e. The molecule has 1 aromatic rings. The third-order valence-corrected chi connectivity index (χ3v) is 11.3. The van der Waals surface area contributed by atoms with E-state index in [1.54, 1.807) is 12.1 Å². The van der Waals surface area contributed by atoms with Crippen LogP contribution in [-0.2, 0) is 6.42 Å². The van der Waals surface area contributed by atoms with Gasteiger partial charge in [-0.05, 0) is 61.1 Å². The van der Waals surface area contributed by atoms with E-state index < -0.39 is 31.8 Å². The lowest BCUT2D eigenvalue weighted by Crippen LogP contribution is -2.28. The number of hydrogen-bond acceptors (Lipinski definition) is 0. The zero-order valence-electron chi connectivity index (χ0n) is 17.5. The summed E-state index contributed by atoms with van der Waals surface area (Å²) in [6.45, 7) is 2.33. The second-order valence-electron chi connectivity index (χ2n) is 9.28. The van der Waals surface area contributed by atoms with Gasteiger partial charge in [0.25, 0.3) is 0 Å². The summed E-state index contributed by atoms with van der Waals surface area (Å²) in [5.74, 6) is -0.319. The first-order valence-corrected chi connectivity index (χ1v) is 14.3. The predicted octanol–water partition coefficient (Wildman–Crippen LogP) is 8.26. The molecule has 0 N–H and O–H groups in total. The molecule has 29 heavy (non-hydrogen) atoms. The average Bonchev–Trinajstić information content (AvgIpc) is 2.73. The summed E-state index contributed by atoms with van der Waals surface area (Å²) in [5, 5.41) is 0. The molecule has 0 atom stereocenters. The van der Waals surface area contributed by atoms with Crippen molar-refractivity contribution in [3.63, 3.8) is 0 Å². The van der Waals surface area contributed by atoms with Crippen LogP contribution in [-0.4, -0.2) is 8.80 Å².